The van der Waals surface area contributed by atoms with Gasteiger partial charge in [0.15, 0.2) is 5.78 Å². The number of Topliss-reactive ketones (excluding diaryl/α,β-unsaturated/α-hetero) is 1. The number of fused-ring (bicyclic) bond motifs is 1. The first-order valence-electron chi connectivity index (χ1n) is 16.6. The molecule has 0 saturated carbocycles. The zero-order valence-electron chi connectivity index (χ0n) is 28.2. The summed E-state index contributed by atoms with van der Waals surface area (Å²) in [7, 11) is 1.32. The van der Waals surface area contributed by atoms with Gasteiger partial charge in [0.2, 0.25) is 0 Å². The van der Waals surface area contributed by atoms with Gasteiger partial charge in [-0.2, -0.15) is 5.10 Å². The maximum atomic E-state index is 13.9. The lowest BCUT2D eigenvalue weighted by Crippen LogP contribution is -2.42. The topological polar surface area (TPSA) is 103 Å². The van der Waals surface area contributed by atoms with E-state index in [1.807, 2.05) is 54.6 Å². The van der Waals surface area contributed by atoms with E-state index in [0.717, 1.165) is 16.7 Å². The van der Waals surface area contributed by atoms with Gasteiger partial charge in [-0.3, -0.25) is 19.4 Å². The van der Waals surface area contributed by atoms with E-state index in [2.05, 4.69) is 51.8 Å². The van der Waals surface area contributed by atoms with Crippen molar-refractivity contribution in [2.75, 3.05) is 12.9 Å². The number of benzene rings is 4. The summed E-state index contributed by atoms with van der Waals surface area (Å²) in [5, 5.41) is 7.79. The van der Waals surface area contributed by atoms with Crippen LogP contribution in [0.2, 0.25) is 0 Å². The molecule has 0 aliphatic rings. The Balaban J connectivity index is 1.25. The molecule has 0 radical (unpaired) electrons. The molecule has 10 heteroatoms. The summed E-state index contributed by atoms with van der Waals surface area (Å²) in [5.74, 6) is -2.16. The van der Waals surface area contributed by atoms with Gasteiger partial charge < -0.3 is 10.1 Å². The van der Waals surface area contributed by atoms with Crippen molar-refractivity contribution < 1.29 is 23.5 Å². The average molecular weight is 701 g/mol. The van der Waals surface area contributed by atoms with Gasteiger partial charge in [0.25, 0.3) is 5.91 Å². The first-order valence-corrected chi connectivity index (χ1v) is 17.6. The third-order valence-electron chi connectivity index (χ3n) is 8.94. The van der Waals surface area contributed by atoms with Crippen molar-refractivity contribution in [2.24, 2.45) is 5.92 Å². The van der Waals surface area contributed by atoms with Gasteiger partial charge in [-0.1, -0.05) is 97.9 Å². The van der Waals surface area contributed by atoms with Crippen LogP contribution >= 0.6 is 11.8 Å². The van der Waals surface area contributed by atoms with Crippen LogP contribution in [0.25, 0.3) is 16.6 Å². The molecule has 2 heterocycles. The minimum atomic E-state index is -0.862. The van der Waals surface area contributed by atoms with Crippen molar-refractivity contribution in [3.8, 4) is 5.69 Å². The first kappa shape index (κ1) is 35.2. The Morgan fingerprint density at radius 2 is 1.39 bits per heavy atom. The van der Waals surface area contributed by atoms with E-state index >= 15 is 0 Å². The third kappa shape index (κ3) is 7.46. The molecule has 0 fully saturated rings. The van der Waals surface area contributed by atoms with Crippen molar-refractivity contribution in [1.29, 1.82) is 0 Å². The molecule has 2 atom stereocenters. The zero-order chi connectivity index (χ0) is 35.8. The monoisotopic (exact) mass is 700 g/mol. The van der Waals surface area contributed by atoms with E-state index in [9.17, 15) is 18.8 Å². The van der Waals surface area contributed by atoms with Crippen LogP contribution in [-0.4, -0.2) is 51.3 Å². The molecule has 0 bridgehead atoms. The molecular formula is C41H37FN4O4S. The highest BCUT2D eigenvalue weighted by Crippen LogP contribution is 2.49. The van der Waals surface area contributed by atoms with Crippen LogP contribution in [0.1, 0.15) is 46.8 Å². The van der Waals surface area contributed by atoms with Crippen molar-refractivity contribution in [3.63, 3.8) is 0 Å². The van der Waals surface area contributed by atoms with Crippen molar-refractivity contribution in [1.82, 2.24) is 20.1 Å². The normalized spacial score (nSPS) is 12.6. The maximum absolute atomic E-state index is 13.9. The highest BCUT2D eigenvalue weighted by Gasteiger charge is 2.39. The largest absolute Gasteiger partial charge is 0.469 e. The molecular weight excluding hydrogens is 664 g/mol. The summed E-state index contributed by atoms with van der Waals surface area (Å²) >= 11 is 1.58. The van der Waals surface area contributed by atoms with Gasteiger partial charge in [-0.25, -0.2) is 9.07 Å². The highest BCUT2D eigenvalue weighted by molar-refractivity contribution is 8.00. The maximum Gasteiger partial charge on any atom is 0.309 e. The van der Waals surface area contributed by atoms with Crippen LogP contribution in [0.3, 0.4) is 0 Å². The standard InChI is InChI=1S/C41H37FN4O4S/c1-3-36(45-39(48)35-24-43-26-37-34(35)25-44-46(37)33-21-19-32(42)20-22-33)38(47)23-28(40(49)50-2)27-51-41(29-13-7-4-8-14-29,30-15-9-5-10-16-30)31-17-11-6-12-18-31/h4-22,24-26,28,36H,3,23,27H2,1-2H3,(H,45,48)/t28-,36?/m0/s1. The minimum Gasteiger partial charge on any atom is -0.469 e. The number of halogens is 1. The van der Waals surface area contributed by atoms with E-state index in [1.165, 1.54) is 25.4 Å². The van der Waals surface area contributed by atoms with Crippen LogP contribution in [-0.2, 0) is 19.1 Å². The van der Waals surface area contributed by atoms with Crippen LogP contribution < -0.4 is 5.32 Å². The van der Waals surface area contributed by atoms with E-state index in [-0.39, 0.29) is 29.3 Å². The second-order valence-electron chi connectivity index (χ2n) is 12.1. The number of hydrogen-bond acceptors (Lipinski definition) is 7. The summed E-state index contributed by atoms with van der Waals surface area (Å²) < 4.78 is 19.6. The van der Waals surface area contributed by atoms with Crippen LogP contribution in [0, 0.1) is 11.7 Å². The first-order chi connectivity index (χ1) is 24.8. The summed E-state index contributed by atoms with van der Waals surface area (Å²) in [5.41, 5.74) is 4.50. The Morgan fingerprint density at radius 1 is 0.824 bits per heavy atom. The molecule has 51 heavy (non-hydrogen) atoms. The second-order valence-corrected chi connectivity index (χ2v) is 13.3. The molecule has 0 aliphatic carbocycles. The Labute approximate surface area is 300 Å². The molecule has 258 valence electrons. The number of methoxy groups -OCH3 is 1. The number of hydrogen-bond donors (Lipinski definition) is 1. The minimum absolute atomic E-state index is 0.127. The number of amides is 1. The summed E-state index contributed by atoms with van der Waals surface area (Å²) in [6, 6.07) is 35.3. The van der Waals surface area contributed by atoms with Gasteiger partial charge in [0, 0.05) is 23.8 Å². The van der Waals surface area contributed by atoms with E-state index in [1.54, 1.807) is 47.9 Å². The van der Waals surface area contributed by atoms with Crippen molar-refractivity contribution in [3.05, 3.63) is 162 Å². The van der Waals surface area contributed by atoms with Crippen LogP contribution in [0.5, 0.6) is 0 Å². The second kappa shape index (κ2) is 15.9. The number of esters is 1. The number of ketones is 1. The SMILES string of the molecule is CCC(NC(=O)c1cncc2c1cnn2-c1ccc(F)cc1)C(=O)C[C@@H](CSC(c1ccccc1)(c1ccccc1)c1ccccc1)C(=O)OC. The molecule has 0 spiro atoms. The fraction of sp³-hybridized carbons (Fsp3) is 0.195. The molecule has 0 saturated heterocycles. The van der Waals surface area contributed by atoms with Crippen molar-refractivity contribution >= 4 is 40.3 Å². The van der Waals surface area contributed by atoms with Crippen molar-refractivity contribution in [2.45, 2.75) is 30.6 Å². The molecule has 4 aromatic carbocycles. The fourth-order valence-electron chi connectivity index (χ4n) is 6.31. The highest BCUT2D eigenvalue weighted by atomic mass is 32.2. The molecule has 6 aromatic rings. The summed E-state index contributed by atoms with van der Waals surface area (Å²) in [6.45, 7) is 1.81. The summed E-state index contributed by atoms with van der Waals surface area (Å²) in [6.07, 6.45) is 4.73. The zero-order valence-corrected chi connectivity index (χ0v) is 29.1. The summed E-state index contributed by atoms with van der Waals surface area (Å²) in [4.78, 5) is 45.1. The lowest BCUT2D eigenvalue weighted by Gasteiger charge is -2.36. The number of ether oxygens (including phenoxy) is 1. The fourth-order valence-corrected chi connectivity index (χ4v) is 7.93. The molecule has 1 unspecified atom stereocenters. The number of pyridine rings is 1. The third-order valence-corrected chi connectivity index (χ3v) is 10.6. The average Bonchev–Trinajstić information content (AvgIpc) is 3.62. The molecule has 2 aromatic heterocycles. The quantitative estimate of drug-likeness (QED) is 0.0925. The molecule has 0 aliphatic heterocycles. The molecule has 1 N–H and O–H groups in total. The number of thioether (sulfide) groups is 1. The number of nitrogens with zero attached hydrogens (tertiary/aromatic N) is 3. The van der Waals surface area contributed by atoms with Gasteiger partial charge in [-0.15, -0.1) is 11.8 Å². The van der Waals surface area contributed by atoms with Crippen LogP contribution in [0.4, 0.5) is 4.39 Å². The predicted molar refractivity (Wildman–Crippen MR) is 197 cm³/mol. The predicted octanol–water partition coefficient (Wildman–Crippen LogP) is 7.54. The lowest BCUT2D eigenvalue weighted by atomic mass is 9.84. The van der Waals surface area contributed by atoms with Gasteiger partial charge in [-0.05, 0) is 47.4 Å². The van der Waals surface area contributed by atoms with Gasteiger partial charge in [0.05, 0.1) is 53.0 Å². The Kier molecular flexibility index (Phi) is 11.0. The van der Waals surface area contributed by atoms with E-state index in [4.69, 9.17) is 4.74 Å². The molecule has 8 nitrogen and oxygen atoms in total. The van der Waals surface area contributed by atoms with Gasteiger partial charge in [0.1, 0.15) is 5.82 Å². The number of aromatic nitrogens is 3. The molecule has 6 rings (SSSR count). The van der Waals surface area contributed by atoms with Gasteiger partial charge >= 0.3 is 5.97 Å². The Morgan fingerprint density at radius 3 is 1.92 bits per heavy atom. The number of rotatable bonds is 14. The Hall–Kier alpha value is -5.61. The van der Waals surface area contributed by atoms with E-state index in [0.29, 0.717) is 23.0 Å². The number of nitrogens with one attached hydrogen (secondary N) is 1. The van der Waals surface area contributed by atoms with Crippen LogP contribution in [0.15, 0.2) is 134 Å². The number of carbonyl (C=O) groups is 3. The lowest BCUT2D eigenvalue weighted by molar-refractivity contribution is -0.146. The Bertz CT molecular complexity index is 2010. The molecule has 1 amide bonds. The van der Waals surface area contributed by atoms with E-state index < -0.39 is 28.6 Å². The smallest absolute Gasteiger partial charge is 0.309 e. The number of carbonyl (C=O) groups excluding carboxylic acids is 3.